The standard InChI is InChI=1S/C14H16N.C7H8O.2ClH.Ti/c1-15(2)11-12-8-9-14(10-12)13-6-4-3-5-7-13;8-6-7-4-2-1-3-5-7;;;/h3-6,8-10,14H,11H2,1-2H3;1-5,8H,6H2;2*1H;/q-1;;;;+3/p-2. The van der Waals surface area contributed by atoms with Gasteiger partial charge in [-0.2, -0.15) is 35.9 Å². The monoisotopic (exact) mass is 424 g/mol. The summed E-state index contributed by atoms with van der Waals surface area (Å²) in [7, 11) is 4.19. The van der Waals surface area contributed by atoms with E-state index in [1.807, 2.05) is 42.5 Å². The molecule has 0 aliphatic heterocycles. The fourth-order valence-corrected chi connectivity index (χ4v) is 2.43. The van der Waals surface area contributed by atoms with E-state index in [9.17, 15) is 0 Å². The van der Waals surface area contributed by atoms with E-state index in [0.29, 0.717) is 5.92 Å². The predicted octanol–water partition coefficient (Wildman–Crippen LogP) is -2.19. The summed E-state index contributed by atoms with van der Waals surface area (Å²) in [5.74, 6) is 0.418. The SMILES string of the molecule is CN(C)CC1=CC(c2[c-]cccc2)C=C1.OCc1ccccc1.[Cl-].[Cl-].[Ti+3]. The molecule has 0 spiro atoms. The predicted molar refractivity (Wildman–Crippen MR) is 96.2 cm³/mol. The molecule has 1 radical (unpaired) electrons. The van der Waals surface area contributed by atoms with Gasteiger partial charge in [0, 0.05) is 6.54 Å². The van der Waals surface area contributed by atoms with Gasteiger partial charge in [0.25, 0.3) is 0 Å². The fraction of sp³-hybridized carbons (Fsp3) is 0.238. The summed E-state index contributed by atoms with van der Waals surface area (Å²) in [4.78, 5) is 2.19. The van der Waals surface area contributed by atoms with Crippen LogP contribution >= 0.6 is 0 Å². The van der Waals surface area contributed by atoms with Crippen molar-refractivity contribution in [3.63, 3.8) is 0 Å². The van der Waals surface area contributed by atoms with E-state index in [-0.39, 0.29) is 53.1 Å². The topological polar surface area (TPSA) is 23.5 Å². The van der Waals surface area contributed by atoms with Gasteiger partial charge in [0.15, 0.2) is 0 Å². The molecular formula is C21H24Cl2NOTi. The largest absolute Gasteiger partial charge is 3.00 e. The van der Waals surface area contributed by atoms with E-state index in [4.69, 9.17) is 5.11 Å². The van der Waals surface area contributed by atoms with E-state index >= 15 is 0 Å². The molecule has 2 nitrogen and oxygen atoms in total. The number of hydrogen-bond donors (Lipinski definition) is 1. The first-order valence-corrected chi connectivity index (χ1v) is 7.84. The van der Waals surface area contributed by atoms with Crippen molar-refractivity contribution in [1.82, 2.24) is 4.90 Å². The van der Waals surface area contributed by atoms with E-state index < -0.39 is 0 Å². The van der Waals surface area contributed by atoms with Gasteiger partial charge in [-0.1, -0.05) is 48.6 Å². The summed E-state index contributed by atoms with van der Waals surface area (Å²) in [5.41, 5.74) is 3.61. The number of aliphatic hydroxyl groups is 1. The molecule has 26 heavy (non-hydrogen) atoms. The first kappa shape index (κ1) is 27.4. The average Bonchev–Trinajstić information content (AvgIpc) is 3.05. The second kappa shape index (κ2) is 15.2. The third kappa shape index (κ3) is 9.73. The zero-order chi connectivity index (χ0) is 16.5. The maximum atomic E-state index is 8.54. The Balaban J connectivity index is 0. The van der Waals surface area contributed by atoms with E-state index in [2.05, 4.69) is 55.4 Å². The van der Waals surface area contributed by atoms with E-state index in [1.54, 1.807) is 0 Å². The zero-order valence-corrected chi connectivity index (χ0v) is 18.1. The van der Waals surface area contributed by atoms with Crippen LogP contribution in [-0.4, -0.2) is 30.6 Å². The average molecular weight is 425 g/mol. The molecule has 0 saturated carbocycles. The quantitative estimate of drug-likeness (QED) is 0.445. The molecule has 137 valence electrons. The molecule has 0 aromatic heterocycles. The number of nitrogens with zero attached hydrogens (tertiary/aromatic N) is 1. The van der Waals surface area contributed by atoms with Crippen molar-refractivity contribution in [3.05, 3.63) is 95.6 Å². The number of likely N-dealkylation sites (N-methyl/N-ethyl adjacent to an activating group) is 1. The molecule has 2 aromatic rings. The van der Waals surface area contributed by atoms with Gasteiger partial charge < -0.3 is 34.8 Å². The van der Waals surface area contributed by atoms with Gasteiger partial charge in [0.2, 0.25) is 0 Å². The number of halogens is 2. The Morgan fingerprint density at radius 2 is 1.65 bits per heavy atom. The summed E-state index contributed by atoms with van der Waals surface area (Å²) in [6, 6.07) is 21.0. The van der Waals surface area contributed by atoms with Crippen LogP contribution in [0.5, 0.6) is 0 Å². The molecule has 3 rings (SSSR count). The van der Waals surface area contributed by atoms with Crippen molar-refractivity contribution in [2.24, 2.45) is 0 Å². The summed E-state index contributed by atoms with van der Waals surface area (Å²) >= 11 is 0. The molecule has 2 aromatic carbocycles. The van der Waals surface area contributed by atoms with Gasteiger partial charge in [-0.3, -0.25) is 0 Å². The number of allylic oxidation sites excluding steroid dienone is 2. The van der Waals surface area contributed by atoms with Gasteiger partial charge in [-0.25, -0.2) is 0 Å². The van der Waals surface area contributed by atoms with Crippen LogP contribution in [0.2, 0.25) is 0 Å². The molecule has 1 aliphatic carbocycles. The first-order valence-electron chi connectivity index (χ1n) is 7.84. The zero-order valence-electron chi connectivity index (χ0n) is 15.1. The molecule has 1 atom stereocenters. The maximum absolute atomic E-state index is 8.54. The van der Waals surface area contributed by atoms with Crippen LogP contribution in [0.25, 0.3) is 0 Å². The second-order valence-corrected chi connectivity index (χ2v) is 5.83. The van der Waals surface area contributed by atoms with Crippen molar-refractivity contribution >= 4 is 0 Å². The summed E-state index contributed by atoms with van der Waals surface area (Å²) in [5, 5.41) is 8.54. The van der Waals surface area contributed by atoms with Crippen LogP contribution < -0.4 is 24.8 Å². The van der Waals surface area contributed by atoms with Crippen molar-refractivity contribution in [1.29, 1.82) is 0 Å². The van der Waals surface area contributed by atoms with Crippen LogP contribution in [0.3, 0.4) is 0 Å². The molecule has 5 heteroatoms. The Hall–Kier alpha value is -0.866. The normalized spacial score (nSPS) is 14.2. The minimum Gasteiger partial charge on any atom is -1.00 e. The minimum atomic E-state index is 0. The molecule has 0 bridgehead atoms. The van der Waals surface area contributed by atoms with Gasteiger partial charge in [-0.15, -0.1) is 0 Å². The van der Waals surface area contributed by atoms with Gasteiger partial charge in [0.05, 0.1) is 6.61 Å². The van der Waals surface area contributed by atoms with Crippen LogP contribution in [-0.2, 0) is 28.3 Å². The van der Waals surface area contributed by atoms with Crippen molar-refractivity contribution in [3.8, 4) is 0 Å². The molecular weight excluding hydrogens is 401 g/mol. The fourth-order valence-electron chi connectivity index (χ4n) is 2.43. The maximum Gasteiger partial charge on any atom is 3.00 e. The van der Waals surface area contributed by atoms with Crippen LogP contribution in [0, 0.1) is 6.07 Å². The molecule has 0 amide bonds. The Bertz CT molecular complexity index is 646. The Kier molecular flexibility index (Phi) is 16.0. The van der Waals surface area contributed by atoms with Crippen molar-refractivity contribution in [2.45, 2.75) is 12.5 Å². The molecule has 0 fully saturated rings. The number of aliphatic hydroxyl groups excluding tert-OH is 1. The van der Waals surface area contributed by atoms with Crippen LogP contribution in [0.4, 0.5) is 0 Å². The third-order valence-corrected chi connectivity index (χ3v) is 3.53. The molecule has 1 N–H and O–H groups in total. The molecule has 0 saturated heterocycles. The van der Waals surface area contributed by atoms with Crippen molar-refractivity contribution < 1.29 is 51.6 Å². The number of hydrogen-bond acceptors (Lipinski definition) is 2. The molecule has 0 heterocycles. The summed E-state index contributed by atoms with van der Waals surface area (Å²) in [6.07, 6.45) is 6.77. The van der Waals surface area contributed by atoms with Gasteiger partial charge in [0.1, 0.15) is 0 Å². The summed E-state index contributed by atoms with van der Waals surface area (Å²) < 4.78 is 0. The third-order valence-electron chi connectivity index (χ3n) is 3.53. The summed E-state index contributed by atoms with van der Waals surface area (Å²) in [6.45, 7) is 1.15. The number of rotatable bonds is 4. The molecule has 1 aliphatic rings. The second-order valence-electron chi connectivity index (χ2n) is 5.83. The van der Waals surface area contributed by atoms with Crippen LogP contribution in [0.15, 0.2) is 78.4 Å². The smallest absolute Gasteiger partial charge is 1.00 e. The Labute approximate surface area is 184 Å². The minimum absolute atomic E-state index is 0. The van der Waals surface area contributed by atoms with E-state index in [1.165, 1.54) is 11.1 Å². The van der Waals surface area contributed by atoms with Gasteiger partial charge >= 0.3 is 21.7 Å². The Morgan fingerprint density at radius 1 is 1.00 bits per heavy atom. The molecule has 1 unspecified atom stereocenters. The Morgan fingerprint density at radius 3 is 2.15 bits per heavy atom. The van der Waals surface area contributed by atoms with Crippen molar-refractivity contribution in [2.75, 3.05) is 20.6 Å². The number of benzene rings is 2. The first-order chi connectivity index (χ1) is 11.2. The van der Waals surface area contributed by atoms with Gasteiger partial charge in [-0.05, 0) is 31.1 Å². The van der Waals surface area contributed by atoms with E-state index in [0.717, 1.165) is 12.1 Å². The van der Waals surface area contributed by atoms with Crippen LogP contribution in [0.1, 0.15) is 17.0 Å².